The number of hydrogen-bond donors (Lipinski definition) is 1. The zero-order valence-electron chi connectivity index (χ0n) is 9.56. The lowest BCUT2D eigenvalue weighted by atomic mass is 10.1. The summed E-state index contributed by atoms with van der Waals surface area (Å²) in [5.41, 5.74) is -0.415. The Balaban J connectivity index is 2.49. The van der Waals surface area contributed by atoms with Crippen LogP contribution >= 0.6 is 0 Å². The van der Waals surface area contributed by atoms with E-state index in [1.807, 2.05) is 6.92 Å². The Morgan fingerprint density at radius 1 is 1.56 bits per heavy atom. The number of aromatic amines is 1. The molecule has 0 amide bonds. The molecule has 4 bridgehead atoms. The highest BCUT2D eigenvalue weighted by molar-refractivity contribution is 7.85. The van der Waals surface area contributed by atoms with Gasteiger partial charge in [0.2, 0.25) is 10.9 Å². The van der Waals surface area contributed by atoms with Crippen molar-refractivity contribution in [2.24, 2.45) is 0 Å². The summed E-state index contributed by atoms with van der Waals surface area (Å²) in [5, 5.41) is 0.214. The van der Waals surface area contributed by atoms with Gasteiger partial charge in [0, 0.05) is 11.3 Å². The van der Waals surface area contributed by atoms with Gasteiger partial charge in [-0.25, -0.2) is 4.79 Å². The van der Waals surface area contributed by atoms with Crippen LogP contribution in [0.15, 0.2) is 25.2 Å². The molecule has 4 heterocycles. The largest absolute Gasteiger partial charge is 0.403 e. The number of aromatic nitrogens is 2. The molecule has 6 nitrogen and oxygen atoms in total. The first-order chi connectivity index (χ1) is 8.60. The molecule has 94 valence electrons. The fourth-order valence-electron chi connectivity index (χ4n) is 2.16. The van der Waals surface area contributed by atoms with Gasteiger partial charge in [-0.3, -0.25) is 14.0 Å². The van der Waals surface area contributed by atoms with E-state index in [-0.39, 0.29) is 21.5 Å². The normalized spacial score (nSPS) is 22.3. The minimum atomic E-state index is -1.40. The second-order valence-corrected chi connectivity index (χ2v) is 5.82. The average Bonchev–Trinajstić information content (AvgIpc) is 2.32. The molecular formula is C11H10N2O4S. The third kappa shape index (κ3) is 1.54. The number of H-pyrrole nitrogens is 1. The van der Waals surface area contributed by atoms with Gasteiger partial charge in [-0.2, -0.15) is 4.98 Å². The molecule has 18 heavy (non-hydrogen) atoms. The van der Waals surface area contributed by atoms with Gasteiger partial charge in [0.05, 0.1) is 10.8 Å². The molecule has 0 saturated carbocycles. The standard InChI is InChI=1S/C11H10N2O4S/c1-2-6-3-5-4-7(14)17-10-8(5)9(15)12-11(13-10)18(6)16/h4,6H,2-3H2,1H3,(H,12,13,15). The fraction of sp³-hybridized carbons (Fsp3) is 0.364. The molecule has 2 aliphatic rings. The van der Waals surface area contributed by atoms with E-state index < -0.39 is 22.0 Å². The minimum absolute atomic E-state index is 0.0286. The Hall–Kier alpha value is -1.76. The maximum Gasteiger partial charge on any atom is 0.337 e. The molecule has 2 aliphatic heterocycles. The Morgan fingerprint density at radius 2 is 2.33 bits per heavy atom. The third-order valence-electron chi connectivity index (χ3n) is 3.07. The van der Waals surface area contributed by atoms with Gasteiger partial charge in [-0.15, -0.1) is 0 Å². The molecule has 2 atom stereocenters. The van der Waals surface area contributed by atoms with Crippen LogP contribution in [0.25, 0.3) is 11.1 Å². The van der Waals surface area contributed by atoms with E-state index in [2.05, 4.69) is 9.97 Å². The molecule has 0 fully saturated rings. The summed E-state index contributed by atoms with van der Waals surface area (Å²) in [7, 11) is -1.40. The topological polar surface area (TPSA) is 93.0 Å². The maximum absolute atomic E-state index is 12.2. The molecule has 0 radical (unpaired) electrons. The fourth-order valence-corrected chi connectivity index (χ4v) is 3.48. The Kier molecular flexibility index (Phi) is 2.44. The first-order valence-corrected chi connectivity index (χ1v) is 6.79. The quantitative estimate of drug-likeness (QED) is 0.750. The van der Waals surface area contributed by atoms with Crippen molar-refractivity contribution in [2.75, 3.05) is 0 Å². The summed E-state index contributed by atoms with van der Waals surface area (Å²) in [4.78, 5) is 29.7. The lowest BCUT2D eigenvalue weighted by molar-refractivity contribution is 0.537. The Labute approximate surface area is 104 Å². The lowest BCUT2D eigenvalue weighted by Gasteiger charge is -2.17. The van der Waals surface area contributed by atoms with Crippen LogP contribution < -0.4 is 11.2 Å². The van der Waals surface area contributed by atoms with E-state index in [0.29, 0.717) is 18.4 Å². The molecule has 0 saturated heterocycles. The highest BCUT2D eigenvalue weighted by Gasteiger charge is 2.26. The van der Waals surface area contributed by atoms with E-state index in [1.54, 1.807) is 0 Å². The number of fused-ring (bicyclic) bond motifs is 3. The first kappa shape index (κ1) is 11.3. The van der Waals surface area contributed by atoms with E-state index in [1.165, 1.54) is 6.07 Å². The van der Waals surface area contributed by atoms with E-state index >= 15 is 0 Å². The molecular weight excluding hydrogens is 256 g/mol. The number of hydrogen-bond acceptors (Lipinski definition) is 5. The summed E-state index contributed by atoms with van der Waals surface area (Å²) in [6.07, 6.45) is 1.10. The molecule has 0 aliphatic carbocycles. The summed E-state index contributed by atoms with van der Waals surface area (Å²) < 4.78 is 17.1. The maximum atomic E-state index is 12.2. The number of rotatable bonds is 1. The van der Waals surface area contributed by atoms with E-state index in [0.717, 1.165) is 0 Å². The van der Waals surface area contributed by atoms with Crippen LogP contribution in [0, 0.1) is 0 Å². The van der Waals surface area contributed by atoms with Crippen molar-refractivity contribution in [1.82, 2.24) is 9.97 Å². The zero-order chi connectivity index (χ0) is 12.9. The van der Waals surface area contributed by atoms with Gasteiger partial charge >= 0.3 is 5.63 Å². The molecule has 0 spiro atoms. The molecule has 2 aromatic rings. The highest BCUT2D eigenvalue weighted by atomic mass is 32.2. The van der Waals surface area contributed by atoms with E-state index in [4.69, 9.17) is 4.42 Å². The van der Waals surface area contributed by atoms with Crippen LogP contribution in [-0.4, -0.2) is 19.4 Å². The predicted molar refractivity (Wildman–Crippen MR) is 65.1 cm³/mol. The summed E-state index contributed by atoms with van der Waals surface area (Å²) in [6.45, 7) is 1.91. The molecule has 0 aromatic carbocycles. The third-order valence-corrected chi connectivity index (χ3v) is 4.75. The average molecular weight is 266 g/mol. The first-order valence-electron chi connectivity index (χ1n) is 5.57. The van der Waals surface area contributed by atoms with Gasteiger partial charge in [-0.1, -0.05) is 6.92 Å². The van der Waals surface area contributed by atoms with E-state index in [9.17, 15) is 13.8 Å². The SMILES string of the molecule is CCC1Cc2cc(=O)oc3nc([nH]c(=O)c23)S1=O. The van der Waals surface area contributed by atoms with Crippen molar-refractivity contribution in [1.29, 1.82) is 0 Å². The van der Waals surface area contributed by atoms with Crippen LogP contribution in [0.1, 0.15) is 18.9 Å². The summed E-state index contributed by atoms with van der Waals surface area (Å²) in [5.74, 6) is 0. The molecule has 2 unspecified atom stereocenters. The molecule has 7 heteroatoms. The number of nitrogens with zero attached hydrogens (tertiary/aromatic N) is 1. The van der Waals surface area contributed by atoms with Crippen molar-refractivity contribution in [2.45, 2.75) is 30.2 Å². The van der Waals surface area contributed by atoms with Gasteiger partial charge in [0.25, 0.3) is 5.56 Å². The van der Waals surface area contributed by atoms with Crippen molar-refractivity contribution in [3.8, 4) is 0 Å². The van der Waals surface area contributed by atoms with Crippen LogP contribution in [0.3, 0.4) is 0 Å². The van der Waals surface area contributed by atoms with Crippen LogP contribution in [0.5, 0.6) is 0 Å². The second kappa shape index (κ2) is 3.88. The Bertz CT molecular complexity index is 777. The second-order valence-electron chi connectivity index (χ2n) is 4.17. The van der Waals surface area contributed by atoms with Gasteiger partial charge in [0.1, 0.15) is 5.39 Å². The summed E-state index contributed by atoms with van der Waals surface area (Å²) >= 11 is 0. The van der Waals surface area contributed by atoms with Crippen molar-refractivity contribution in [3.05, 3.63) is 32.4 Å². The smallest absolute Gasteiger partial charge is 0.337 e. The van der Waals surface area contributed by atoms with Gasteiger partial charge in [0.15, 0.2) is 0 Å². The molecule has 4 rings (SSSR count). The van der Waals surface area contributed by atoms with Gasteiger partial charge in [-0.05, 0) is 18.4 Å². The van der Waals surface area contributed by atoms with Crippen LogP contribution in [-0.2, 0) is 17.2 Å². The van der Waals surface area contributed by atoms with Crippen molar-refractivity contribution < 1.29 is 8.63 Å². The lowest BCUT2D eigenvalue weighted by Crippen LogP contribution is -2.27. The van der Waals surface area contributed by atoms with Crippen molar-refractivity contribution in [3.63, 3.8) is 0 Å². The van der Waals surface area contributed by atoms with Crippen LogP contribution in [0.2, 0.25) is 0 Å². The minimum Gasteiger partial charge on any atom is -0.403 e. The molecule has 1 N–H and O–H groups in total. The summed E-state index contributed by atoms with van der Waals surface area (Å²) in [6, 6.07) is 1.28. The van der Waals surface area contributed by atoms with Crippen molar-refractivity contribution >= 4 is 21.9 Å². The van der Waals surface area contributed by atoms with Gasteiger partial charge < -0.3 is 4.42 Å². The monoisotopic (exact) mass is 266 g/mol. The number of nitrogens with one attached hydrogen (secondary N) is 1. The predicted octanol–water partition coefficient (Wildman–Crippen LogP) is 0.319. The zero-order valence-corrected chi connectivity index (χ0v) is 10.4. The highest BCUT2D eigenvalue weighted by Crippen LogP contribution is 2.22. The van der Waals surface area contributed by atoms with Crippen LogP contribution in [0.4, 0.5) is 0 Å². The molecule has 2 aromatic heterocycles. The Morgan fingerprint density at radius 3 is 3.06 bits per heavy atom.